The number of aromatic nitrogens is 2. The first kappa shape index (κ1) is 16.8. The first-order valence-corrected chi connectivity index (χ1v) is 11.5. The van der Waals surface area contributed by atoms with Gasteiger partial charge in [-0.1, -0.05) is 29.2 Å². The van der Waals surface area contributed by atoms with Crippen molar-refractivity contribution in [1.29, 1.82) is 0 Å². The highest BCUT2D eigenvalue weighted by atomic mass is 32.2. The highest BCUT2D eigenvalue weighted by Gasteiger charge is 2.14. The van der Waals surface area contributed by atoms with Crippen LogP contribution in [0.25, 0.3) is 20.4 Å². The van der Waals surface area contributed by atoms with Crippen molar-refractivity contribution in [2.75, 3.05) is 17.8 Å². The molecule has 1 N–H and O–H groups in total. The first-order chi connectivity index (χ1) is 12.2. The van der Waals surface area contributed by atoms with Gasteiger partial charge in [0.15, 0.2) is 9.47 Å². The normalized spacial score (nSPS) is 11.3. The van der Waals surface area contributed by atoms with Gasteiger partial charge in [0.2, 0.25) is 0 Å². The number of carbonyl (C=O) groups excluding carboxylic acids is 1. The summed E-state index contributed by atoms with van der Waals surface area (Å²) in [4.78, 5) is 22.7. The number of thioether (sulfide) groups is 2. The predicted octanol–water partition coefficient (Wildman–Crippen LogP) is 5.60. The fourth-order valence-corrected chi connectivity index (χ4v) is 5.54. The lowest BCUT2D eigenvalue weighted by Crippen LogP contribution is -2.11. The number of fused-ring (bicyclic) bond motifs is 3. The van der Waals surface area contributed by atoms with Crippen LogP contribution in [-0.2, 0) is 0 Å². The van der Waals surface area contributed by atoms with Gasteiger partial charge < -0.3 is 0 Å². The van der Waals surface area contributed by atoms with Crippen molar-refractivity contribution in [2.45, 2.75) is 9.24 Å². The maximum absolute atomic E-state index is 12.5. The number of rotatable bonds is 4. The second-order valence-corrected chi connectivity index (χ2v) is 9.08. The highest BCUT2D eigenvalue weighted by molar-refractivity contribution is 8.00. The van der Waals surface area contributed by atoms with E-state index in [1.54, 1.807) is 34.9 Å². The number of hydrogen-bond donors (Lipinski definition) is 1. The number of benzene rings is 2. The number of amides is 1. The fraction of sp³-hybridized carbons (Fsp3) is 0.118. The van der Waals surface area contributed by atoms with Crippen molar-refractivity contribution in [3.8, 4) is 0 Å². The van der Waals surface area contributed by atoms with Gasteiger partial charge in [-0.2, -0.15) is 0 Å². The second kappa shape index (κ2) is 6.95. The van der Waals surface area contributed by atoms with Gasteiger partial charge in [-0.05, 0) is 42.8 Å². The Balaban J connectivity index is 1.68. The fourth-order valence-electron chi connectivity index (χ4n) is 2.43. The summed E-state index contributed by atoms with van der Waals surface area (Å²) < 4.78 is 3.24. The number of anilines is 1. The van der Waals surface area contributed by atoms with E-state index in [1.165, 1.54) is 11.3 Å². The van der Waals surface area contributed by atoms with E-state index in [0.717, 1.165) is 29.7 Å². The Kier molecular flexibility index (Phi) is 4.68. The molecule has 126 valence electrons. The lowest BCUT2D eigenvalue weighted by Gasteiger charge is -2.03. The third-order valence-corrected chi connectivity index (χ3v) is 7.55. The lowest BCUT2D eigenvalue weighted by molar-refractivity contribution is 0.102. The SMILES string of the molecule is CSc1cccc(C(=O)Nc2nc3ccc4nc(SC)sc4c3s2)c1. The molecule has 0 aliphatic rings. The van der Waals surface area contributed by atoms with Gasteiger partial charge >= 0.3 is 0 Å². The predicted molar refractivity (Wildman–Crippen MR) is 111 cm³/mol. The van der Waals surface area contributed by atoms with Gasteiger partial charge in [-0.3, -0.25) is 10.1 Å². The minimum atomic E-state index is -0.139. The molecular weight excluding hydrogens is 390 g/mol. The second-order valence-electron chi connectivity index (χ2n) is 5.15. The molecule has 25 heavy (non-hydrogen) atoms. The Labute approximate surface area is 161 Å². The largest absolute Gasteiger partial charge is 0.298 e. The molecule has 1 amide bonds. The topological polar surface area (TPSA) is 54.9 Å². The molecule has 0 aliphatic carbocycles. The maximum Gasteiger partial charge on any atom is 0.257 e. The molecule has 0 fully saturated rings. The van der Waals surface area contributed by atoms with Gasteiger partial charge in [0.05, 0.1) is 20.4 Å². The summed E-state index contributed by atoms with van der Waals surface area (Å²) >= 11 is 6.42. The van der Waals surface area contributed by atoms with E-state index in [2.05, 4.69) is 15.3 Å². The number of nitrogens with zero attached hydrogens (tertiary/aromatic N) is 2. The van der Waals surface area contributed by atoms with Gasteiger partial charge in [-0.25, -0.2) is 9.97 Å². The minimum Gasteiger partial charge on any atom is -0.298 e. The standard InChI is InChI=1S/C17H13N3OS4/c1-22-10-5-3-4-9(8-10)15(21)20-16-18-11-6-7-12-14(13(11)24-16)25-17(19-12)23-2/h3-8H,1-2H3,(H,18,20,21). The van der Waals surface area contributed by atoms with Crippen LogP contribution in [0.15, 0.2) is 45.6 Å². The number of carbonyl (C=O) groups is 1. The van der Waals surface area contributed by atoms with Crippen molar-refractivity contribution in [2.24, 2.45) is 0 Å². The van der Waals surface area contributed by atoms with Crippen molar-refractivity contribution in [3.05, 3.63) is 42.0 Å². The Morgan fingerprint density at radius 1 is 1.00 bits per heavy atom. The van der Waals surface area contributed by atoms with Crippen LogP contribution in [0.1, 0.15) is 10.4 Å². The molecule has 0 saturated carbocycles. The monoisotopic (exact) mass is 403 g/mol. The van der Waals surface area contributed by atoms with Crippen LogP contribution in [0.4, 0.5) is 5.13 Å². The molecule has 0 unspecified atom stereocenters. The van der Waals surface area contributed by atoms with Crippen LogP contribution in [0.5, 0.6) is 0 Å². The van der Waals surface area contributed by atoms with Crippen molar-refractivity contribution >= 4 is 77.7 Å². The lowest BCUT2D eigenvalue weighted by atomic mass is 10.2. The van der Waals surface area contributed by atoms with Gasteiger partial charge in [0.1, 0.15) is 0 Å². The average molecular weight is 404 g/mol. The molecule has 4 nitrogen and oxygen atoms in total. The molecule has 8 heteroatoms. The number of thiazole rings is 2. The summed E-state index contributed by atoms with van der Waals surface area (Å²) in [5, 5.41) is 3.53. The van der Waals surface area contributed by atoms with E-state index in [1.807, 2.05) is 48.9 Å². The summed E-state index contributed by atoms with van der Waals surface area (Å²) in [7, 11) is 0. The van der Waals surface area contributed by atoms with Crippen LogP contribution >= 0.6 is 46.2 Å². The molecule has 4 rings (SSSR count). The third kappa shape index (κ3) is 3.27. The average Bonchev–Trinajstić information content (AvgIpc) is 3.24. The van der Waals surface area contributed by atoms with E-state index < -0.39 is 0 Å². The maximum atomic E-state index is 12.5. The summed E-state index contributed by atoms with van der Waals surface area (Å²) in [6, 6.07) is 11.5. The Morgan fingerprint density at radius 2 is 1.76 bits per heavy atom. The Hall–Kier alpha value is -1.61. The molecule has 2 aromatic heterocycles. The molecule has 2 aromatic carbocycles. The van der Waals surface area contributed by atoms with E-state index in [-0.39, 0.29) is 5.91 Å². The number of nitrogens with one attached hydrogen (secondary N) is 1. The Morgan fingerprint density at radius 3 is 2.52 bits per heavy atom. The molecule has 0 atom stereocenters. The van der Waals surface area contributed by atoms with Crippen molar-refractivity contribution < 1.29 is 4.79 Å². The van der Waals surface area contributed by atoms with Gasteiger partial charge in [0.25, 0.3) is 5.91 Å². The Bertz CT molecular complexity index is 1090. The summed E-state index contributed by atoms with van der Waals surface area (Å²) in [6.45, 7) is 0. The van der Waals surface area contributed by atoms with Crippen LogP contribution in [0.3, 0.4) is 0 Å². The number of hydrogen-bond acceptors (Lipinski definition) is 7. The zero-order valence-electron chi connectivity index (χ0n) is 13.4. The van der Waals surface area contributed by atoms with E-state index in [9.17, 15) is 4.79 Å². The van der Waals surface area contributed by atoms with Gasteiger partial charge in [-0.15, -0.1) is 23.1 Å². The quantitative estimate of drug-likeness (QED) is 0.449. The van der Waals surface area contributed by atoms with Gasteiger partial charge in [0, 0.05) is 10.5 Å². The zero-order chi connectivity index (χ0) is 17.4. The molecule has 0 spiro atoms. The molecule has 2 heterocycles. The highest BCUT2D eigenvalue weighted by Crippen LogP contribution is 2.38. The van der Waals surface area contributed by atoms with Crippen molar-refractivity contribution in [3.63, 3.8) is 0 Å². The molecule has 4 aromatic rings. The van der Waals surface area contributed by atoms with Crippen LogP contribution in [0.2, 0.25) is 0 Å². The molecule has 0 saturated heterocycles. The van der Waals surface area contributed by atoms with Crippen LogP contribution in [0, 0.1) is 0 Å². The first-order valence-electron chi connectivity index (χ1n) is 7.37. The van der Waals surface area contributed by atoms with Crippen LogP contribution in [-0.4, -0.2) is 28.4 Å². The van der Waals surface area contributed by atoms with Crippen molar-refractivity contribution in [1.82, 2.24) is 9.97 Å². The molecular formula is C17H13N3OS4. The van der Waals surface area contributed by atoms with E-state index in [4.69, 9.17) is 0 Å². The smallest absolute Gasteiger partial charge is 0.257 e. The molecule has 0 aliphatic heterocycles. The summed E-state index contributed by atoms with van der Waals surface area (Å²) in [6.07, 6.45) is 4.02. The minimum absolute atomic E-state index is 0.139. The molecule has 0 bridgehead atoms. The third-order valence-electron chi connectivity index (χ3n) is 3.62. The van der Waals surface area contributed by atoms with Crippen LogP contribution < -0.4 is 5.32 Å². The summed E-state index contributed by atoms with van der Waals surface area (Å²) in [5.41, 5.74) is 2.51. The van der Waals surface area contributed by atoms with E-state index >= 15 is 0 Å². The van der Waals surface area contributed by atoms with E-state index in [0.29, 0.717) is 10.7 Å². The zero-order valence-corrected chi connectivity index (χ0v) is 16.7. The molecule has 0 radical (unpaired) electrons. The summed E-state index contributed by atoms with van der Waals surface area (Å²) in [5.74, 6) is -0.139.